The number of nitrogens with one attached hydrogen (secondary N) is 1. The van der Waals surface area contributed by atoms with E-state index in [0.29, 0.717) is 51.7 Å². The van der Waals surface area contributed by atoms with E-state index in [9.17, 15) is 9.18 Å². The summed E-state index contributed by atoms with van der Waals surface area (Å²) in [6, 6.07) is 6.65. The van der Waals surface area contributed by atoms with Crippen LogP contribution in [0.3, 0.4) is 0 Å². The lowest BCUT2D eigenvalue weighted by atomic mass is 9.83. The number of halogens is 2. The molecule has 1 atom stereocenters. The first kappa shape index (κ1) is 29.1. The van der Waals surface area contributed by atoms with Crippen LogP contribution in [0.25, 0.3) is 11.2 Å². The Bertz CT molecular complexity index is 1470. The number of fused-ring (bicyclic) bond motifs is 1. The number of benzene rings is 1. The highest BCUT2D eigenvalue weighted by molar-refractivity contribution is 6.31. The van der Waals surface area contributed by atoms with Crippen LogP contribution in [0.5, 0.6) is 0 Å². The van der Waals surface area contributed by atoms with Gasteiger partial charge in [0, 0.05) is 31.3 Å². The zero-order chi connectivity index (χ0) is 28.8. The molecule has 40 heavy (non-hydrogen) atoms. The molecule has 1 amide bonds. The lowest BCUT2D eigenvalue weighted by Crippen LogP contribution is -2.22. The summed E-state index contributed by atoms with van der Waals surface area (Å²) in [6.45, 7) is 8.46. The van der Waals surface area contributed by atoms with Crippen LogP contribution in [-0.2, 0) is 17.7 Å². The van der Waals surface area contributed by atoms with Gasteiger partial charge in [-0.3, -0.25) is 10.4 Å². The second-order valence-corrected chi connectivity index (χ2v) is 10.6. The van der Waals surface area contributed by atoms with Crippen LogP contribution in [-0.4, -0.2) is 37.7 Å². The summed E-state index contributed by atoms with van der Waals surface area (Å²) >= 11 is 5.98. The molecule has 4 rings (SSSR count). The maximum absolute atomic E-state index is 14.9. The Hall–Kier alpha value is -3.92. The molecule has 2 heterocycles. The first-order valence-electron chi connectivity index (χ1n) is 13.2. The number of aromatic nitrogens is 4. The van der Waals surface area contributed by atoms with Crippen LogP contribution < -0.4 is 5.73 Å². The minimum atomic E-state index is -1.15. The normalized spacial score (nSPS) is 18.6. The van der Waals surface area contributed by atoms with E-state index in [1.54, 1.807) is 24.4 Å². The molecule has 1 saturated carbocycles. The maximum atomic E-state index is 14.9. The fraction of sp³-hybridized carbons (Fsp3) is 0.379. The van der Waals surface area contributed by atoms with Crippen LogP contribution in [0, 0.1) is 23.1 Å². The monoisotopic (exact) mass is 565 g/mol. The summed E-state index contributed by atoms with van der Waals surface area (Å²) < 4.78 is 21.7. The van der Waals surface area contributed by atoms with Crippen LogP contribution >= 0.6 is 11.6 Å². The van der Waals surface area contributed by atoms with Crippen molar-refractivity contribution >= 4 is 41.0 Å². The fourth-order valence-corrected chi connectivity index (χ4v) is 5.14. The predicted octanol–water partition coefficient (Wildman–Crippen LogP) is 6.24. The summed E-state index contributed by atoms with van der Waals surface area (Å²) in [6.07, 6.45) is 8.09. The van der Waals surface area contributed by atoms with Crippen molar-refractivity contribution in [2.75, 3.05) is 0 Å². The smallest absolute Gasteiger partial charge is 0.388 e. The number of nitrogens with two attached hydrogens (primary N) is 1. The highest BCUT2D eigenvalue weighted by Gasteiger charge is 2.28. The molecule has 1 unspecified atom stereocenters. The van der Waals surface area contributed by atoms with E-state index >= 15 is 0 Å². The molecule has 0 radical (unpaired) electrons. The first-order chi connectivity index (χ1) is 19.2. The molecule has 11 heteroatoms. The average molecular weight is 566 g/mol. The number of rotatable bonds is 9. The third-order valence-corrected chi connectivity index (χ3v) is 7.48. The van der Waals surface area contributed by atoms with Crippen LogP contribution in [0.15, 0.2) is 53.1 Å². The molecule has 1 fully saturated rings. The van der Waals surface area contributed by atoms with Gasteiger partial charge in [0.2, 0.25) is 5.82 Å². The second kappa shape index (κ2) is 13.0. The van der Waals surface area contributed by atoms with Gasteiger partial charge >= 0.3 is 6.09 Å². The van der Waals surface area contributed by atoms with E-state index in [1.807, 2.05) is 6.92 Å². The molecule has 1 aliphatic rings. The lowest BCUT2D eigenvalue weighted by molar-refractivity contribution is 0.207. The molecule has 2 aromatic heterocycles. The van der Waals surface area contributed by atoms with Gasteiger partial charge in [0.1, 0.15) is 17.2 Å². The molecule has 1 aromatic carbocycles. The largest absolute Gasteiger partial charge is 0.411 e. The van der Waals surface area contributed by atoms with Gasteiger partial charge < -0.3 is 15.0 Å². The fourth-order valence-electron chi connectivity index (χ4n) is 5.08. The number of amides is 1. The Kier molecular flexibility index (Phi) is 9.42. The van der Waals surface area contributed by atoms with Gasteiger partial charge in [-0.2, -0.15) is 0 Å². The van der Waals surface area contributed by atoms with Crippen molar-refractivity contribution in [3.63, 3.8) is 0 Å². The van der Waals surface area contributed by atoms with Crippen molar-refractivity contribution in [2.24, 2.45) is 22.6 Å². The van der Waals surface area contributed by atoms with Crippen molar-refractivity contribution in [1.29, 1.82) is 5.41 Å². The minimum Gasteiger partial charge on any atom is -0.388 e. The summed E-state index contributed by atoms with van der Waals surface area (Å²) in [5.74, 6) is 0.294. The summed E-state index contributed by atoms with van der Waals surface area (Å²) in [5.41, 5.74) is 7.14. The molecule has 9 nitrogen and oxygen atoms in total. The van der Waals surface area contributed by atoms with E-state index in [-0.39, 0.29) is 18.1 Å². The summed E-state index contributed by atoms with van der Waals surface area (Å²) in [7, 11) is 0. The number of primary amides is 1. The van der Waals surface area contributed by atoms with E-state index in [1.165, 1.54) is 18.3 Å². The van der Waals surface area contributed by atoms with Gasteiger partial charge in [0.25, 0.3) is 5.90 Å². The van der Waals surface area contributed by atoms with Gasteiger partial charge in [-0.05, 0) is 42.4 Å². The van der Waals surface area contributed by atoms with E-state index in [2.05, 4.69) is 33.0 Å². The Morgan fingerprint density at radius 2 is 2.02 bits per heavy atom. The summed E-state index contributed by atoms with van der Waals surface area (Å²) in [5, 5.41) is 8.53. The Morgan fingerprint density at radius 1 is 1.30 bits per heavy atom. The maximum Gasteiger partial charge on any atom is 0.411 e. The highest BCUT2D eigenvalue weighted by Crippen LogP contribution is 2.34. The number of carbonyl (C=O) groups is 1. The quantitative estimate of drug-likeness (QED) is 0.180. The lowest BCUT2D eigenvalue weighted by Gasteiger charge is -2.28. The number of nitrogens with zero attached hydrogens (tertiary/aromatic N) is 5. The first-order valence-corrected chi connectivity index (χ1v) is 13.6. The van der Waals surface area contributed by atoms with E-state index in [4.69, 9.17) is 32.5 Å². The van der Waals surface area contributed by atoms with Gasteiger partial charge in [0.15, 0.2) is 5.65 Å². The molecule has 0 bridgehead atoms. The van der Waals surface area contributed by atoms with Crippen molar-refractivity contribution in [2.45, 2.75) is 58.4 Å². The SMILES string of the molecule is C=C/C(Cl)=C\N=CCc1nc(C(=N)OC(N)=O)nc2nc(C(C)c3ccccc3F)n(CC3CCC(C)CC3)c12. The van der Waals surface area contributed by atoms with E-state index in [0.717, 1.165) is 25.7 Å². The summed E-state index contributed by atoms with van der Waals surface area (Å²) in [4.78, 5) is 29.4. The van der Waals surface area contributed by atoms with E-state index < -0.39 is 17.9 Å². The zero-order valence-electron chi connectivity index (χ0n) is 22.6. The molecule has 3 N–H and O–H groups in total. The molecule has 3 aromatic rings. The van der Waals surface area contributed by atoms with Crippen LogP contribution in [0.4, 0.5) is 9.18 Å². The second-order valence-electron chi connectivity index (χ2n) is 10.1. The van der Waals surface area contributed by atoms with Crippen molar-refractivity contribution in [3.8, 4) is 0 Å². The number of allylic oxidation sites excluding steroid dienone is 2. The van der Waals surface area contributed by atoms with Crippen molar-refractivity contribution in [3.05, 3.63) is 76.9 Å². The Morgan fingerprint density at radius 3 is 2.70 bits per heavy atom. The van der Waals surface area contributed by atoms with Crippen molar-refractivity contribution < 1.29 is 13.9 Å². The number of carbonyl (C=O) groups excluding carboxylic acids is 1. The molecule has 0 saturated heterocycles. The number of hydrogen-bond acceptors (Lipinski definition) is 7. The van der Waals surface area contributed by atoms with Gasteiger partial charge in [0.05, 0.1) is 10.7 Å². The third-order valence-electron chi connectivity index (χ3n) is 7.23. The molecular weight excluding hydrogens is 533 g/mol. The Balaban J connectivity index is 1.88. The zero-order valence-corrected chi connectivity index (χ0v) is 23.4. The van der Waals surface area contributed by atoms with Crippen molar-refractivity contribution in [1.82, 2.24) is 19.5 Å². The molecule has 0 spiro atoms. The predicted molar refractivity (Wildman–Crippen MR) is 154 cm³/mol. The average Bonchev–Trinajstić information content (AvgIpc) is 3.29. The molecule has 1 aliphatic carbocycles. The molecular formula is C29H33ClFN7O2. The van der Waals surface area contributed by atoms with Gasteiger partial charge in [-0.15, -0.1) is 0 Å². The van der Waals surface area contributed by atoms with Gasteiger partial charge in [-0.1, -0.05) is 63.1 Å². The highest BCUT2D eigenvalue weighted by atomic mass is 35.5. The minimum absolute atomic E-state index is 0.143. The van der Waals surface area contributed by atoms with Crippen LogP contribution in [0.2, 0.25) is 0 Å². The number of imidazole rings is 1. The topological polar surface area (TPSA) is 132 Å². The van der Waals surface area contributed by atoms with Gasteiger partial charge in [-0.25, -0.2) is 24.1 Å². The molecule has 210 valence electrons. The molecule has 0 aliphatic heterocycles. The number of ether oxygens (including phenoxy) is 1. The Labute approximate surface area is 237 Å². The van der Waals surface area contributed by atoms with Crippen LogP contribution in [0.1, 0.15) is 68.4 Å². The third kappa shape index (κ3) is 6.80. The standard InChI is InChI=1S/C29H33ClFN7O2/c1-4-20(30)15-34-14-13-23-24-26(36-27(35-23)25(32)40-29(33)39)37-28(18(3)21-7-5-6-8-22(21)31)38(24)16-19-11-9-17(2)10-12-19/h4-8,14-15,17-19,32H,1,9-13,16H2,2-3H3,(H2,33,39)/b20-15+,32-25?,34-14?. The number of aliphatic imine (C=N–C) groups is 1. The number of hydrogen-bond donors (Lipinski definition) is 2.